The van der Waals surface area contributed by atoms with Gasteiger partial charge in [0.05, 0.1) is 4.90 Å². The zero-order chi connectivity index (χ0) is 20.9. The topological polar surface area (TPSA) is 104 Å². The van der Waals surface area contributed by atoms with Gasteiger partial charge in [0.2, 0.25) is 5.91 Å². The van der Waals surface area contributed by atoms with E-state index >= 15 is 0 Å². The average Bonchev–Trinajstić information content (AvgIpc) is 2.60. The lowest BCUT2D eigenvalue weighted by Gasteiger charge is -2.17. The van der Waals surface area contributed by atoms with Crippen LogP contribution in [0.4, 0.5) is 5.69 Å². The monoisotopic (exact) mass is 423 g/mol. The molecule has 3 N–H and O–H groups in total. The molecule has 7 nitrogen and oxygen atoms in total. The van der Waals surface area contributed by atoms with Crippen molar-refractivity contribution in [2.45, 2.75) is 32.1 Å². The van der Waals surface area contributed by atoms with Crippen LogP contribution < -0.4 is 15.6 Å². The molecule has 0 radical (unpaired) electrons. The summed E-state index contributed by atoms with van der Waals surface area (Å²) >= 11 is 5.79. The standard InChI is InChI=1S/C19H22ClN3O4S/c1-19(2,3)12-17(24)21-22-18(25)13-5-4-6-16(11-13)28(26,27)23-15-9-7-14(20)8-10-15/h4-11,23H,12H2,1-3H3,(H,21,24)(H,22,25). The summed E-state index contributed by atoms with van der Waals surface area (Å²) < 4.78 is 27.5. The highest BCUT2D eigenvalue weighted by Crippen LogP contribution is 2.19. The Kier molecular flexibility index (Phi) is 6.69. The van der Waals surface area contributed by atoms with Gasteiger partial charge in [0.1, 0.15) is 0 Å². The van der Waals surface area contributed by atoms with Gasteiger partial charge in [-0.25, -0.2) is 8.42 Å². The molecule has 2 aromatic carbocycles. The van der Waals surface area contributed by atoms with Gasteiger partial charge in [0.25, 0.3) is 15.9 Å². The molecule has 150 valence electrons. The number of carbonyl (C=O) groups excluding carboxylic acids is 2. The van der Waals surface area contributed by atoms with Crippen molar-refractivity contribution in [2.75, 3.05) is 4.72 Å². The summed E-state index contributed by atoms with van der Waals surface area (Å²) in [6.07, 6.45) is 0.229. The van der Waals surface area contributed by atoms with Crippen LogP contribution in [0.25, 0.3) is 0 Å². The van der Waals surface area contributed by atoms with Gasteiger partial charge in [0, 0.05) is 22.7 Å². The molecule has 9 heteroatoms. The van der Waals surface area contributed by atoms with E-state index in [0.717, 1.165) is 0 Å². The van der Waals surface area contributed by atoms with Crippen molar-refractivity contribution in [1.82, 2.24) is 10.9 Å². The molecular formula is C19H22ClN3O4S. The first-order chi connectivity index (χ1) is 13.0. The summed E-state index contributed by atoms with van der Waals surface area (Å²) in [7, 11) is -3.90. The van der Waals surface area contributed by atoms with E-state index in [2.05, 4.69) is 15.6 Å². The Labute approximate surface area is 169 Å². The fraction of sp³-hybridized carbons (Fsp3) is 0.263. The Morgan fingerprint density at radius 3 is 2.25 bits per heavy atom. The summed E-state index contributed by atoms with van der Waals surface area (Å²) in [6.45, 7) is 5.70. The van der Waals surface area contributed by atoms with E-state index in [4.69, 9.17) is 11.6 Å². The maximum absolute atomic E-state index is 12.5. The zero-order valence-corrected chi connectivity index (χ0v) is 17.3. The Balaban J connectivity index is 2.09. The number of rotatable bonds is 5. The highest BCUT2D eigenvalue weighted by atomic mass is 35.5. The van der Waals surface area contributed by atoms with Crippen LogP contribution in [0.5, 0.6) is 0 Å². The van der Waals surface area contributed by atoms with Gasteiger partial charge in [0.15, 0.2) is 0 Å². The molecule has 0 saturated heterocycles. The number of anilines is 1. The number of sulfonamides is 1. The number of hydrogen-bond acceptors (Lipinski definition) is 4. The van der Waals surface area contributed by atoms with Gasteiger partial charge >= 0.3 is 0 Å². The first-order valence-electron chi connectivity index (χ1n) is 8.44. The van der Waals surface area contributed by atoms with Crippen LogP contribution in [0.15, 0.2) is 53.4 Å². The third-order valence-electron chi connectivity index (χ3n) is 3.51. The van der Waals surface area contributed by atoms with E-state index in [-0.39, 0.29) is 28.2 Å². The van der Waals surface area contributed by atoms with Gasteiger partial charge < -0.3 is 0 Å². The van der Waals surface area contributed by atoms with Crippen LogP contribution in [-0.4, -0.2) is 20.2 Å². The number of amides is 2. The lowest BCUT2D eigenvalue weighted by molar-refractivity contribution is -0.123. The minimum absolute atomic E-state index is 0.0869. The van der Waals surface area contributed by atoms with Crippen molar-refractivity contribution >= 4 is 39.1 Å². The Morgan fingerprint density at radius 2 is 1.64 bits per heavy atom. The second-order valence-corrected chi connectivity index (χ2v) is 9.50. The highest BCUT2D eigenvalue weighted by Gasteiger charge is 2.18. The van der Waals surface area contributed by atoms with Crippen molar-refractivity contribution < 1.29 is 18.0 Å². The zero-order valence-electron chi connectivity index (χ0n) is 15.7. The number of hydrazine groups is 1. The normalized spacial score (nSPS) is 11.6. The predicted molar refractivity (Wildman–Crippen MR) is 108 cm³/mol. The third kappa shape index (κ3) is 6.54. The minimum atomic E-state index is -3.90. The Bertz CT molecular complexity index is 967. The van der Waals surface area contributed by atoms with Gasteiger partial charge in [-0.2, -0.15) is 0 Å². The SMILES string of the molecule is CC(C)(C)CC(=O)NNC(=O)c1cccc(S(=O)(=O)Nc2ccc(Cl)cc2)c1. The Hall–Kier alpha value is -2.58. The van der Waals surface area contributed by atoms with Crippen molar-refractivity contribution in [3.05, 3.63) is 59.1 Å². The van der Waals surface area contributed by atoms with Crippen LogP contribution in [-0.2, 0) is 14.8 Å². The van der Waals surface area contributed by atoms with Gasteiger partial charge in [-0.05, 0) is 47.9 Å². The number of halogens is 1. The van der Waals surface area contributed by atoms with Crippen LogP contribution in [0.2, 0.25) is 5.02 Å². The summed E-state index contributed by atoms with van der Waals surface area (Å²) in [5, 5.41) is 0.482. The molecule has 0 unspecified atom stereocenters. The summed E-state index contributed by atoms with van der Waals surface area (Å²) in [5.41, 5.74) is 4.82. The quantitative estimate of drug-likeness (QED) is 0.641. The molecule has 2 amide bonds. The molecule has 0 fully saturated rings. The van der Waals surface area contributed by atoms with E-state index in [1.807, 2.05) is 20.8 Å². The summed E-state index contributed by atoms with van der Waals surface area (Å²) in [5.74, 6) is -0.958. The molecule has 0 saturated carbocycles. The second-order valence-electron chi connectivity index (χ2n) is 7.38. The number of carbonyl (C=O) groups is 2. The smallest absolute Gasteiger partial charge is 0.269 e. The molecule has 0 aliphatic heterocycles. The molecule has 2 rings (SSSR count). The van der Waals surface area contributed by atoms with E-state index in [9.17, 15) is 18.0 Å². The molecule has 0 heterocycles. The fourth-order valence-electron chi connectivity index (χ4n) is 2.26. The lowest BCUT2D eigenvalue weighted by Crippen LogP contribution is -2.42. The molecule has 0 aliphatic carbocycles. The first kappa shape index (κ1) is 21.7. The highest BCUT2D eigenvalue weighted by molar-refractivity contribution is 7.92. The molecular weight excluding hydrogens is 402 g/mol. The number of benzene rings is 2. The first-order valence-corrected chi connectivity index (χ1v) is 10.3. The van der Waals surface area contributed by atoms with Crippen LogP contribution >= 0.6 is 11.6 Å². The second kappa shape index (κ2) is 8.62. The number of nitrogens with one attached hydrogen (secondary N) is 3. The number of hydrogen-bond donors (Lipinski definition) is 3. The van der Waals surface area contributed by atoms with Gasteiger partial charge in [-0.1, -0.05) is 38.4 Å². The van der Waals surface area contributed by atoms with E-state index in [1.165, 1.54) is 36.4 Å². The fourth-order valence-corrected chi connectivity index (χ4v) is 3.49. The molecule has 0 atom stereocenters. The average molecular weight is 424 g/mol. The molecule has 0 bridgehead atoms. The largest absolute Gasteiger partial charge is 0.280 e. The van der Waals surface area contributed by atoms with Crippen LogP contribution in [0, 0.1) is 5.41 Å². The maximum Gasteiger partial charge on any atom is 0.269 e. The van der Waals surface area contributed by atoms with E-state index < -0.39 is 15.9 Å². The van der Waals surface area contributed by atoms with E-state index in [1.54, 1.807) is 12.1 Å². The van der Waals surface area contributed by atoms with Crippen molar-refractivity contribution in [3.8, 4) is 0 Å². The van der Waals surface area contributed by atoms with Crippen LogP contribution in [0.3, 0.4) is 0 Å². The predicted octanol–water partition coefficient (Wildman–Crippen LogP) is 3.34. The maximum atomic E-state index is 12.5. The van der Waals surface area contributed by atoms with Crippen molar-refractivity contribution in [2.24, 2.45) is 5.41 Å². The van der Waals surface area contributed by atoms with E-state index in [0.29, 0.717) is 10.7 Å². The molecule has 0 aliphatic rings. The lowest BCUT2D eigenvalue weighted by atomic mass is 9.92. The molecule has 0 spiro atoms. The van der Waals surface area contributed by atoms with Gasteiger partial charge in [-0.15, -0.1) is 0 Å². The van der Waals surface area contributed by atoms with Crippen molar-refractivity contribution in [1.29, 1.82) is 0 Å². The molecule has 0 aromatic heterocycles. The third-order valence-corrected chi connectivity index (χ3v) is 5.14. The van der Waals surface area contributed by atoms with Crippen LogP contribution in [0.1, 0.15) is 37.6 Å². The molecule has 2 aromatic rings. The minimum Gasteiger partial charge on any atom is -0.280 e. The summed E-state index contributed by atoms with van der Waals surface area (Å²) in [4.78, 5) is 24.0. The molecule has 28 heavy (non-hydrogen) atoms. The van der Waals surface area contributed by atoms with Gasteiger partial charge in [-0.3, -0.25) is 25.2 Å². The summed E-state index contributed by atoms with van der Waals surface area (Å²) in [6, 6.07) is 11.7. The van der Waals surface area contributed by atoms with Crippen molar-refractivity contribution in [3.63, 3.8) is 0 Å². The Morgan fingerprint density at radius 1 is 1.00 bits per heavy atom.